The number of amides is 1. The van der Waals surface area contributed by atoms with Gasteiger partial charge in [-0.15, -0.1) is 5.10 Å². The van der Waals surface area contributed by atoms with Gasteiger partial charge in [-0.3, -0.25) is 4.68 Å². The molecule has 0 aliphatic rings. The number of halogens is 3. The van der Waals surface area contributed by atoms with Crippen LogP contribution in [-0.4, -0.2) is 42.7 Å². The molecule has 0 radical (unpaired) electrons. The predicted octanol–water partition coefficient (Wildman–Crippen LogP) is 2.77. The van der Waals surface area contributed by atoms with Crippen molar-refractivity contribution in [1.82, 2.24) is 30.3 Å². The minimum atomic E-state index is -1.29. The van der Waals surface area contributed by atoms with E-state index in [9.17, 15) is 18.7 Å². The van der Waals surface area contributed by atoms with Crippen LogP contribution in [0, 0.1) is 11.6 Å². The van der Waals surface area contributed by atoms with Gasteiger partial charge in [0.15, 0.2) is 0 Å². The van der Waals surface area contributed by atoms with Crippen LogP contribution in [0.25, 0.3) is 0 Å². The number of benzene rings is 1. The van der Waals surface area contributed by atoms with E-state index in [0.29, 0.717) is 23.3 Å². The van der Waals surface area contributed by atoms with Crippen LogP contribution in [0.2, 0.25) is 0 Å². The Hall–Kier alpha value is -3.15. The Bertz CT molecular complexity index is 968. The van der Waals surface area contributed by atoms with Crippen LogP contribution >= 0.6 is 15.9 Å². The molecule has 0 aliphatic heterocycles. The third kappa shape index (κ3) is 5.91. The van der Waals surface area contributed by atoms with E-state index in [1.54, 1.807) is 17.1 Å². The summed E-state index contributed by atoms with van der Waals surface area (Å²) in [5.41, 5.74) is 0.614. The van der Waals surface area contributed by atoms with E-state index in [1.807, 2.05) is 0 Å². The molecule has 1 aromatic carbocycles. The van der Waals surface area contributed by atoms with Crippen molar-refractivity contribution in [2.24, 2.45) is 0 Å². The molecule has 0 spiro atoms. The number of nitrogens with zero attached hydrogens (tertiary/aromatic N) is 5. The zero-order chi connectivity index (χ0) is 20.8. The quantitative estimate of drug-likeness (QED) is 0.466. The first-order chi connectivity index (χ1) is 13.9. The van der Waals surface area contributed by atoms with Crippen LogP contribution in [-0.2, 0) is 13.0 Å². The molecule has 1 atom stereocenters. The molecule has 2 aromatic heterocycles. The van der Waals surface area contributed by atoms with E-state index in [2.05, 4.69) is 46.8 Å². The van der Waals surface area contributed by atoms with Gasteiger partial charge in [-0.1, -0.05) is 5.21 Å². The molecule has 3 aromatic rings. The molecule has 2 heterocycles. The summed E-state index contributed by atoms with van der Waals surface area (Å²) in [6.07, 6.45) is 3.45. The third-order valence-corrected chi connectivity index (χ3v) is 4.47. The lowest BCUT2D eigenvalue weighted by Gasteiger charge is -2.19. The molecular formula is C17H16BrF2N7O2. The molecule has 9 nitrogen and oxygen atoms in total. The number of hydrogen-bond acceptors (Lipinski definition) is 6. The number of carboxylic acid groups (broad SMARTS) is 1. The minimum absolute atomic E-state index is 0.00497. The first kappa shape index (κ1) is 20.6. The van der Waals surface area contributed by atoms with Gasteiger partial charge >= 0.3 is 6.09 Å². The Morgan fingerprint density at radius 1 is 1.28 bits per heavy atom. The molecule has 29 heavy (non-hydrogen) atoms. The van der Waals surface area contributed by atoms with Gasteiger partial charge < -0.3 is 15.7 Å². The monoisotopic (exact) mass is 467 g/mol. The fraction of sp³-hybridized carbons (Fsp3) is 0.235. The highest BCUT2D eigenvalue weighted by Gasteiger charge is 2.21. The lowest BCUT2D eigenvalue weighted by molar-refractivity contribution is 0.189. The van der Waals surface area contributed by atoms with E-state index >= 15 is 0 Å². The smallest absolute Gasteiger partial charge is 0.405 e. The van der Waals surface area contributed by atoms with E-state index in [0.717, 1.165) is 18.2 Å². The maximum Gasteiger partial charge on any atom is 0.405 e. The lowest BCUT2D eigenvalue weighted by atomic mass is 10.0. The van der Waals surface area contributed by atoms with Crippen LogP contribution < -0.4 is 10.6 Å². The molecule has 0 saturated heterocycles. The molecule has 12 heteroatoms. The standard InChI is InChI=1S/C17H16BrF2N7O2/c18-13-9-22-16(21-1-3-27-4-2-23-26-27)25-15(13)14(24-17(28)29)7-10-5-11(19)8-12(20)6-10/h2,4-6,8-9,14,24H,1,3,7H2,(H,28,29)(H,21,22,25). The van der Waals surface area contributed by atoms with E-state index in [-0.39, 0.29) is 17.9 Å². The lowest BCUT2D eigenvalue weighted by Crippen LogP contribution is -2.29. The fourth-order valence-electron chi connectivity index (χ4n) is 2.67. The van der Waals surface area contributed by atoms with Crippen molar-refractivity contribution >= 4 is 28.0 Å². The Morgan fingerprint density at radius 2 is 2.03 bits per heavy atom. The summed E-state index contributed by atoms with van der Waals surface area (Å²) in [6.45, 7) is 0.977. The summed E-state index contributed by atoms with van der Waals surface area (Å²) in [4.78, 5) is 19.8. The average molecular weight is 468 g/mol. The van der Waals surface area contributed by atoms with Gasteiger partial charge in [0.05, 0.1) is 29.0 Å². The molecule has 0 bridgehead atoms. The van der Waals surface area contributed by atoms with E-state index in [1.165, 1.54) is 6.20 Å². The molecule has 0 fully saturated rings. The van der Waals surface area contributed by atoms with Gasteiger partial charge in [0.1, 0.15) is 11.6 Å². The highest BCUT2D eigenvalue weighted by molar-refractivity contribution is 9.10. The van der Waals surface area contributed by atoms with Crippen molar-refractivity contribution in [3.8, 4) is 0 Å². The van der Waals surface area contributed by atoms with Crippen molar-refractivity contribution in [3.63, 3.8) is 0 Å². The second-order valence-corrected chi connectivity index (χ2v) is 6.86. The summed E-state index contributed by atoms with van der Waals surface area (Å²) in [5, 5.41) is 22.1. The maximum atomic E-state index is 13.5. The Labute approximate surface area is 172 Å². The van der Waals surface area contributed by atoms with Gasteiger partial charge in [0.2, 0.25) is 5.95 Å². The van der Waals surface area contributed by atoms with Gasteiger partial charge in [-0.2, -0.15) is 0 Å². The molecular weight excluding hydrogens is 452 g/mol. The van der Waals surface area contributed by atoms with Gasteiger partial charge in [-0.05, 0) is 40.0 Å². The van der Waals surface area contributed by atoms with Crippen LogP contribution in [0.3, 0.4) is 0 Å². The molecule has 3 rings (SSSR count). The number of aromatic nitrogens is 5. The molecule has 1 amide bonds. The minimum Gasteiger partial charge on any atom is -0.465 e. The topological polar surface area (TPSA) is 118 Å². The Morgan fingerprint density at radius 3 is 2.69 bits per heavy atom. The summed E-state index contributed by atoms with van der Waals surface area (Å²) in [5.74, 6) is -1.22. The molecule has 152 valence electrons. The molecule has 0 aliphatic carbocycles. The van der Waals surface area contributed by atoms with Crippen molar-refractivity contribution in [1.29, 1.82) is 0 Å². The number of rotatable bonds is 8. The van der Waals surface area contributed by atoms with E-state index in [4.69, 9.17) is 0 Å². The van der Waals surface area contributed by atoms with Gasteiger partial charge in [0, 0.05) is 25.0 Å². The Kier molecular flexibility index (Phi) is 6.65. The Balaban J connectivity index is 1.79. The first-order valence-corrected chi connectivity index (χ1v) is 9.25. The highest BCUT2D eigenvalue weighted by atomic mass is 79.9. The molecule has 3 N–H and O–H groups in total. The van der Waals surface area contributed by atoms with Crippen LogP contribution in [0.5, 0.6) is 0 Å². The summed E-state index contributed by atoms with van der Waals surface area (Å²) in [7, 11) is 0. The second kappa shape index (κ2) is 9.37. The SMILES string of the molecule is O=C(O)NC(Cc1cc(F)cc(F)c1)c1nc(NCCn2ccnn2)ncc1Br. The van der Waals surface area contributed by atoms with Crippen LogP contribution in [0.1, 0.15) is 17.3 Å². The first-order valence-electron chi connectivity index (χ1n) is 8.45. The zero-order valence-electron chi connectivity index (χ0n) is 14.9. The average Bonchev–Trinajstić information content (AvgIpc) is 3.15. The van der Waals surface area contributed by atoms with Crippen molar-refractivity contribution in [2.45, 2.75) is 19.0 Å². The predicted molar refractivity (Wildman–Crippen MR) is 102 cm³/mol. The normalized spacial score (nSPS) is 11.8. The molecule has 0 saturated carbocycles. The van der Waals surface area contributed by atoms with Crippen LogP contribution in [0.4, 0.5) is 19.5 Å². The largest absolute Gasteiger partial charge is 0.465 e. The van der Waals surface area contributed by atoms with Crippen LogP contribution in [0.15, 0.2) is 41.3 Å². The fourth-order valence-corrected chi connectivity index (χ4v) is 3.14. The third-order valence-electron chi connectivity index (χ3n) is 3.86. The zero-order valence-corrected chi connectivity index (χ0v) is 16.5. The summed E-state index contributed by atoms with van der Waals surface area (Å²) < 4.78 is 29.1. The second-order valence-electron chi connectivity index (χ2n) is 6.00. The number of nitrogens with one attached hydrogen (secondary N) is 2. The van der Waals surface area contributed by atoms with E-state index < -0.39 is 23.8 Å². The maximum absolute atomic E-state index is 13.5. The highest BCUT2D eigenvalue weighted by Crippen LogP contribution is 2.25. The molecule has 1 unspecified atom stereocenters. The number of carbonyl (C=O) groups is 1. The number of anilines is 1. The van der Waals surface area contributed by atoms with Crippen molar-refractivity contribution < 1.29 is 18.7 Å². The van der Waals surface area contributed by atoms with Gasteiger partial charge in [-0.25, -0.2) is 23.5 Å². The van der Waals surface area contributed by atoms with Crippen molar-refractivity contribution in [2.75, 3.05) is 11.9 Å². The number of hydrogen-bond donors (Lipinski definition) is 3. The summed E-state index contributed by atoms with van der Waals surface area (Å²) >= 11 is 3.31. The van der Waals surface area contributed by atoms with Gasteiger partial charge in [0.25, 0.3) is 0 Å². The summed E-state index contributed by atoms with van der Waals surface area (Å²) in [6, 6.07) is 2.18. The van der Waals surface area contributed by atoms with Crippen molar-refractivity contribution in [3.05, 3.63) is 64.2 Å².